The Morgan fingerprint density at radius 3 is 2.75 bits per heavy atom. The van der Waals surface area contributed by atoms with Gasteiger partial charge >= 0.3 is 0 Å². The van der Waals surface area contributed by atoms with E-state index in [0.29, 0.717) is 6.61 Å². The standard InChI is InChI=1S/C13H26N2O/c1-11-8-13(10-14(11)2)15-6-3-4-12(9-15)5-7-16/h11-13,16H,3-10H2,1-2H3. The summed E-state index contributed by atoms with van der Waals surface area (Å²) in [5.74, 6) is 0.736. The summed E-state index contributed by atoms with van der Waals surface area (Å²) >= 11 is 0. The van der Waals surface area contributed by atoms with Crippen molar-refractivity contribution in [3.63, 3.8) is 0 Å². The van der Waals surface area contributed by atoms with E-state index in [2.05, 4.69) is 23.8 Å². The summed E-state index contributed by atoms with van der Waals surface area (Å²) in [5, 5.41) is 9.03. The van der Waals surface area contributed by atoms with Gasteiger partial charge in [0.25, 0.3) is 0 Å². The highest BCUT2D eigenvalue weighted by Crippen LogP contribution is 2.26. The van der Waals surface area contributed by atoms with Crippen LogP contribution in [0.1, 0.15) is 32.6 Å². The zero-order valence-corrected chi connectivity index (χ0v) is 10.7. The van der Waals surface area contributed by atoms with Crippen LogP contribution in [0.25, 0.3) is 0 Å². The van der Waals surface area contributed by atoms with E-state index < -0.39 is 0 Å². The Balaban J connectivity index is 1.85. The Bertz CT molecular complexity index is 210. The second kappa shape index (κ2) is 5.48. The molecule has 0 aromatic carbocycles. The summed E-state index contributed by atoms with van der Waals surface area (Å²) in [6, 6.07) is 1.50. The SMILES string of the molecule is CC1CC(N2CCCC(CCO)C2)CN1C. The lowest BCUT2D eigenvalue weighted by Crippen LogP contribution is -2.43. The van der Waals surface area contributed by atoms with Crippen molar-refractivity contribution >= 4 is 0 Å². The predicted octanol–water partition coefficient (Wildman–Crippen LogP) is 1.17. The summed E-state index contributed by atoms with van der Waals surface area (Å²) in [6.07, 6.45) is 4.95. The molecule has 0 radical (unpaired) electrons. The van der Waals surface area contributed by atoms with Crippen molar-refractivity contribution in [3.05, 3.63) is 0 Å². The number of rotatable bonds is 3. The van der Waals surface area contributed by atoms with Crippen LogP contribution in [-0.2, 0) is 0 Å². The summed E-state index contributed by atoms with van der Waals surface area (Å²) in [7, 11) is 2.24. The highest BCUT2D eigenvalue weighted by Gasteiger charge is 2.32. The van der Waals surface area contributed by atoms with Crippen LogP contribution in [0.5, 0.6) is 0 Å². The minimum absolute atomic E-state index is 0.361. The molecule has 2 saturated heterocycles. The molecule has 2 aliphatic rings. The van der Waals surface area contributed by atoms with E-state index in [-0.39, 0.29) is 0 Å². The first kappa shape index (κ1) is 12.3. The molecular weight excluding hydrogens is 200 g/mol. The summed E-state index contributed by atoms with van der Waals surface area (Å²) in [5.41, 5.74) is 0. The minimum atomic E-state index is 0.361. The quantitative estimate of drug-likeness (QED) is 0.782. The predicted molar refractivity (Wildman–Crippen MR) is 66.5 cm³/mol. The van der Waals surface area contributed by atoms with Gasteiger partial charge in [0.1, 0.15) is 0 Å². The van der Waals surface area contributed by atoms with Crippen molar-refractivity contribution in [3.8, 4) is 0 Å². The molecule has 0 amide bonds. The van der Waals surface area contributed by atoms with Gasteiger partial charge in [-0.3, -0.25) is 4.90 Å². The van der Waals surface area contributed by atoms with Crippen LogP contribution in [0.3, 0.4) is 0 Å². The van der Waals surface area contributed by atoms with Crippen LogP contribution in [0.15, 0.2) is 0 Å². The number of aliphatic hydroxyl groups excluding tert-OH is 1. The molecule has 0 saturated carbocycles. The highest BCUT2D eigenvalue weighted by atomic mass is 16.3. The van der Waals surface area contributed by atoms with E-state index in [1.807, 2.05) is 0 Å². The monoisotopic (exact) mass is 226 g/mol. The van der Waals surface area contributed by atoms with Crippen molar-refractivity contribution in [2.24, 2.45) is 5.92 Å². The molecule has 3 nitrogen and oxygen atoms in total. The second-order valence-corrected chi connectivity index (χ2v) is 5.69. The van der Waals surface area contributed by atoms with Gasteiger partial charge < -0.3 is 10.0 Å². The van der Waals surface area contributed by atoms with Gasteiger partial charge in [0.05, 0.1) is 0 Å². The van der Waals surface area contributed by atoms with Gasteiger partial charge in [0.2, 0.25) is 0 Å². The number of likely N-dealkylation sites (N-methyl/N-ethyl adjacent to an activating group) is 1. The fraction of sp³-hybridized carbons (Fsp3) is 1.00. The molecule has 0 aliphatic carbocycles. The number of hydrogen-bond donors (Lipinski definition) is 1. The van der Waals surface area contributed by atoms with Gasteiger partial charge in [0.15, 0.2) is 0 Å². The maximum Gasteiger partial charge on any atom is 0.0434 e. The van der Waals surface area contributed by atoms with Crippen LogP contribution in [0.2, 0.25) is 0 Å². The van der Waals surface area contributed by atoms with Crippen LogP contribution < -0.4 is 0 Å². The third-order valence-electron chi connectivity index (χ3n) is 4.47. The number of aliphatic hydroxyl groups is 1. The molecule has 1 N–H and O–H groups in total. The van der Waals surface area contributed by atoms with Gasteiger partial charge in [-0.05, 0) is 52.1 Å². The molecule has 2 heterocycles. The van der Waals surface area contributed by atoms with Crippen molar-refractivity contribution in [1.82, 2.24) is 9.80 Å². The summed E-state index contributed by atoms with van der Waals surface area (Å²) in [6.45, 7) is 6.40. The fourth-order valence-electron chi connectivity index (χ4n) is 3.27. The van der Waals surface area contributed by atoms with Gasteiger partial charge in [-0.2, -0.15) is 0 Å². The number of likely N-dealkylation sites (tertiary alicyclic amines) is 2. The molecule has 0 aromatic rings. The average Bonchev–Trinajstić information content (AvgIpc) is 2.60. The summed E-state index contributed by atoms with van der Waals surface area (Å²) in [4.78, 5) is 5.14. The minimum Gasteiger partial charge on any atom is -0.396 e. The van der Waals surface area contributed by atoms with E-state index >= 15 is 0 Å². The van der Waals surface area contributed by atoms with E-state index in [1.54, 1.807) is 0 Å². The number of nitrogens with zero attached hydrogens (tertiary/aromatic N) is 2. The lowest BCUT2D eigenvalue weighted by molar-refractivity contribution is 0.110. The maximum absolute atomic E-state index is 9.03. The maximum atomic E-state index is 9.03. The largest absolute Gasteiger partial charge is 0.396 e. The Labute approximate surface area is 99.4 Å². The molecule has 3 heteroatoms. The van der Waals surface area contributed by atoms with Gasteiger partial charge in [-0.15, -0.1) is 0 Å². The van der Waals surface area contributed by atoms with E-state index in [9.17, 15) is 0 Å². The molecule has 0 aromatic heterocycles. The zero-order valence-electron chi connectivity index (χ0n) is 10.7. The lowest BCUT2D eigenvalue weighted by atomic mass is 9.93. The number of hydrogen-bond acceptors (Lipinski definition) is 3. The Morgan fingerprint density at radius 2 is 2.12 bits per heavy atom. The van der Waals surface area contributed by atoms with Crippen LogP contribution in [0, 0.1) is 5.92 Å². The van der Waals surface area contributed by atoms with Gasteiger partial charge in [-0.1, -0.05) is 0 Å². The zero-order chi connectivity index (χ0) is 11.5. The van der Waals surface area contributed by atoms with Crippen molar-refractivity contribution in [1.29, 1.82) is 0 Å². The Kier molecular flexibility index (Phi) is 4.22. The van der Waals surface area contributed by atoms with Crippen molar-refractivity contribution < 1.29 is 5.11 Å². The van der Waals surface area contributed by atoms with Gasteiger partial charge in [0, 0.05) is 31.8 Å². The first-order valence-electron chi connectivity index (χ1n) is 6.76. The fourth-order valence-corrected chi connectivity index (χ4v) is 3.27. The van der Waals surface area contributed by atoms with Crippen LogP contribution in [-0.4, -0.2) is 60.3 Å². The third-order valence-corrected chi connectivity index (χ3v) is 4.47. The Hall–Kier alpha value is -0.120. The molecule has 2 rings (SSSR count). The van der Waals surface area contributed by atoms with Crippen LogP contribution >= 0.6 is 0 Å². The first-order chi connectivity index (χ1) is 7.70. The molecule has 0 spiro atoms. The van der Waals surface area contributed by atoms with Gasteiger partial charge in [-0.25, -0.2) is 0 Å². The van der Waals surface area contributed by atoms with E-state index in [0.717, 1.165) is 24.4 Å². The molecule has 16 heavy (non-hydrogen) atoms. The van der Waals surface area contributed by atoms with E-state index in [4.69, 9.17) is 5.11 Å². The molecule has 2 fully saturated rings. The normalized spacial score (nSPS) is 38.1. The second-order valence-electron chi connectivity index (χ2n) is 5.69. The molecule has 2 aliphatic heterocycles. The molecule has 3 atom stereocenters. The molecule has 0 bridgehead atoms. The van der Waals surface area contributed by atoms with Crippen molar-refractivity contribution in [2.75, 3.05) is 33.3 Å². The molecular formula is C13H26N2O. The van der Waals surface area contributed by atoms with Crippen molar-refractivity contribution in [2.45, 2.75) is 44.7 Å². The Morgan fingerprint density at radius 1 is 1.31 bits per heavy atom. The summed E-state index contributed by atoms with van der Waals surface area (Å²) < 4.78 is 0. The average molecular weight is 226 g/mol. The molecule has 3 unspecified atom stereocenters. The van der Waals surface area contributed by atoms with Crippen LogP contribution in [0.4, 0.5) is 0 Å². The third kappa shape index (κ3) is 2.76. The van der Waals surface area contributed by atoms with E-state index in [1.165, 1.54) is 38.9 Å². The molecule has 94 valence electrons. The lowest BCUT2D eigenvalue weighted by Gasteiger charge is -2.36. The topological polar surface area (TPSA) is 26.7 Å². The highest BCUT2D eigenvalue weighted by molar-refractivity contribution is 4.89. The number of piperidine rings is 1. The smallest absolute Gasteiger partial charge is 0.0434 e. The first-order valence-corrected chi connectivity index (χ1v) is 6.76.